The van der Waals surface area contributed by atoms with Gasteiger partial charge in [-0.15, -0.1) is 15.3 Å². The highest BCUT2D eigenvalue weighted by molar-refractivity contribution is 5.90. The molecule has 302 valence electrons. The molecule has 1 saturated heterocycles. The summed E-state index contributed by atoms with van der Waals surface area (Å²) >= 11 is 0. The van der Waals surface area contributed by atoms with Gasteiger partial charge < -0.3 is 29.4 Å². The number of hydroxylamine groups is 1. The Morgan fingerprint density at radius 1 is 0.965 bits per heavy atom. The smallest absolute Gasteiger partial charge is 0.357 e. The van der Waals surface area contributed by atoms with Crippen molar-refractivity contribution >= 4 is 29.9 Å². The number of rotatable bonds is 12. The first kappa shape index (κ1) is 39.5. The number of pyridine rings is 1. The van der Waals surface area contributed by atoms with E-state index in [1.807, 2.05) is 86.8 Å². The zero-order chi connectivity index (χ0) is 40.4. The van der Waals surface area contributed by atoms with E-state index in [1.165, 1.54) is 23.2 Å². The maximum atomic E-state index is 15.0. The van der Waals surface area contributed by atoms with Gasteiger partial charge in [0, 0.05) is 42.2 Å². The average Bonchev–Trinajstić information content (AvgIpc) is 3.80. The first-order valence-corrected chi connectivity index (χ1v) is 19.6. The fraction of sp³-hybridized carbons (Fsp3) is 0.452. The van der Waals surface area contributed by atoms with Gasteiger partial charge in [0.05, 0.1) is 23.6 Å². The highest BCUT2D eigenvalue weighted by Crippen LogP contribution is 2.40. The molecule has 2 aliphatic rings. The van der Waals surface area contributed by atoms with Crippen LogP contribution < -0.4 is 24.8 Å². The van der Waals surface area contributed by atoms with E-state index in [1.54, 1.807) is 12.1 Å². The molecule has 14 nitrogen and oxygen atoms in total. The highest BCUT2D eigenvalue weighted by Gasteiger charge is 2.34. The molecule has 3 aromatic heterocycles. The third-order valence-corrected chi connectivity index (χ3v) is 10.7. The number of aromatic nitrogens is 5. The summed E-state index contributed by atoms with van der Waals surface area (Å²) in [4.78, 5) is 35.8. The summed E-state index contributed by atoms with van der Waals surface area (Å²) in [6, 6.07) is 17.1. The van der Waals surface area contributed by atoms with E-state index in [0.717, 1.165) is 40.6 Å². The molecule has 0 saturated carbocycles. The number of nitrogens with zero attached hydrogens (tertiary/aromatic N) is 8. The number of nitrogens with one attached hydrogen (secondary N) is 1. The predicted molar refractivity (Wildman–Crippen MR) is 214 cm³/mol. The van der Waals surface area contributed by atoms with Crippen LogP contribution in [0.1, 0.15) is 95.7 Å². The number of urea groups is 1. The number of benzene rings is 2. The number of likely N-dealkylation sites (N-methyl/N-ethyl adjacent to an activating group) is 1. The van der Waals surface area contributed by atoms with E-state index in [0.29, 0.717) is 55.3 Å². The first-order chi connectivity index (χ1) is 27.3. The van der Waals surface area contributed by atoms with Crippen LogP contribution in [0.3, 0.4) is 0 Å². The Kier molecular flexibility index (Phi) is 11.4. The van der Waals surface area contributed by atoms with Crippen molar-refractivity contribution in [3.8, 4) is 17.2 Å². The molecule has 0 spiro atoms. The van der Waals surface area contributed by atoms with Crippen LogP contribution in [-0.2, 0) is 15.0 Å². The van der Waals surface area contributed by atoms with Crippen LogP contribution in [0, 0.1) is 5.82 Å². The summed E-state index contributed by atoms with van der Waals surface area (Å²) in [5, 5.41) is 17.7. The van der Waals surface area contributed by atoms with Gasteiger partial charge in [0.2, 0.25) is 5.95 Å². The van der Waals surface area contributed by atoms with Crippen LogP contribution in [0.25, 0.3) is 11.3 Å². The SMILES string of the molecule is C[C@@H]1CCC[C@H](C)N1c1nnc2ccc(O[C@@H]3CC[C@H](NC(=O)N(OC=O)c4cc(C(C)(C)C)nn4-c4cc(F)cc(OCCN(C)C)c4)c4ccccc43)cn12. The van der Waals surface area contributed by atoms with Gasteiger partial charge in [-0.2, -0.15) is 5.10 Å². The van der Waals surface area contributed by atoms with Crippen molar-refractivity contribution in [2.75, 3.05) is 37.2 Å². The van der Waals surface area contributed by atoms with Gasteiger partial charge in [0.15, 0.2) is 11.5 Å². The van der Waals surface area contributed by atoms with E-state index in [2.05, 4.69) is 34.3 Å². The molecule has 7 rings (SSSR count). The van der Waals surface area contributed by atoms with E-state index < -0.39 is 23.3 Å². The van der Waals surface area contributed by atoms with Crippen molar-refractivity contribution in [1.29, 1.82) is 0 Å². The molecule has 0 unspecified atom stereocenters. The summed E-state index contributed by atoms with van der Waals surface area (Å²) in [6.45, 7) is 11.5. The number of hydrogen-bond donors (Lipinski definition) is 1. The van der Waals surface area contributed by atoms with Crippen LogP contribution in [0.5, 0.6) is 11.5 Å². The van der Waals surface area contributed by atoms with Crippen molar-refractivity contribution in [2.45, 2.75) is 96.4 Å². The van der Waals surface area contributed by atoms with Crippen LogP contribution in [0.2, 0.25) is 0 Å². The second-order valence-corrected chi connectivity index (χ2v) is 16.3. The summed E-state index contributed by atoms with van der Waals surface area (Å²) in [6.07, 6.45) is 6.20. The third-order valence-electron chi connectivity index (χ3n) is 10.7. The molecular weight excluding hydrogens is 730 g/mol. The standard InChI is InChI=1S/C42H52FN9O5/c1-27-11-10-12-28(2)50(27)40-46-45-38-18-15-31(25-49(38)40)57-36-17-16-35(33-13-8-9-14-34(33)36)44-41(54)52(56-26-53)39-24-37(42(3,4)5)47-51(39)30-21-29(43)22-32(23-30)55-20-19-48(6)7/h8-9,13-15,18,21-28,35-36H,10-12,16-17,19-20H2,1-7H3,(H,44,54)/t27-,28+,35-,36+/m0/s1. The van der Waals surface area contributed by atoms with Crippen molar-refractivity contribution in [1.82, 2.24) is 34.6 Å². The Bertz CT molecular complexity index is 2210. The number of anilines is 2. The molecular formula is C42H52FN9O5. The quantitative estimate of drug-likeness (QED) is 0.102. The highest BCUT2D eigenvalue weighted by atomic mass is 19.1. The summed E-state index contributed by atoms with van der Waals surface area (Å²) in [5.74, 6) is 1.34. The molecule has 57 heavy (non-hydrogen) atoms. The zero-order valence-corrected chi connectivity index (χ0v) is 33.7. The molecule has 4 heterocycles. The molecule has 1 fully saturated rings. The van der Waals surface area contributed by atoms with Crippen LogP contribution >= 0.6 is 0 Å². The number of piperidine rings is 1. The number of carbonyl (C=O) groups is 2. The van der Waals surface area contributed by atoms with E-state index in [4.69, 9.17) is 19.4 Å². The molecule has 1 aliphatic carbocycles. The Morgan fingerprint density at radius 2 is 1.72 bits per heavy atom. The fourth-order valence-electron chi connectivity index (χ4n) is 7.74. The van der Waals surface area contributed by atoms with Crippen molar-refractivity contribution < 1.29 is 28.3 Å². The molecule has 4 atom stereocenters. The van der Waals surface area contributed by atoms with Crippen LogP contribution in [0.4, 0.5) is 21.0 Å². The lowest BCUT2D eigenvalue weighted by Crippen LogP contribution is -2.44. The monoisotopic (exact) mass is 781 g/mol. The Morgan fingerprint density at radius 3 is 2.44 bits per heavy atom. The molecule has 15 heteroatoms. The summed E-state index contributed by atoms with van der Waals surface area (Å²) < 4.78 is 30.9. The molecule has 1 N–H and O–H groups in total. The van der Waals surface area contributed by atoms with E-state index in [9.17, 15) is 9.59 Å². The number of amides is 2. The minimum Gasteiger partial charge on any atom is -0.492 e. The Hall–Kier alpha value is -5.70. The van der Waals surface area contributed by atoms with Gasteiger partial charge in [0.1, 0.15) is 30.0 Å². The topological polar surface area (TPSA) is 132 Å². The number of carbonyl (C=O) groups excluding carboxylic acids is 2. The Balaban J connectivity index is 1.14. The maximum Gasteiger partial charge on any atom is 0.357 e. The number of fused-ring (bicyclic) bond motifs is 2. The average molecular weight is 782 g/mol. The largest absolute Gasteiger partial charge is 0.492 e. The summed E-state index contributed by atoms with van der Waals surface area (Å²) in [7, 11) is 3.84. The number of ether oxygens (including phenoxy) is 2. The molecule has 0 bridgehead atoms. The van der Waals surface area contributed by atoms with Gasteiger partial charge in [-0.05, 0) is 89.4 Å². The van der Waals surface area contributed by atoms with Crippen molar-refractivity contribution in [3.05, 3.63) is 89.5 Å². The van der Waals surface area contributed by atoms with Crippen LogP contribution in [0.15, 0.2) is 66.9 Å². The normalized spacial score (nSPS) is 19.6. The number of halogens is 1. The maximum absolute atomic E-state index is 15.0. The van der Waals surface area contributed by atoms with Gasteiger partial charge in [-0.1, -0.05) is 45.0 Å². The van der Waals surface area contributed by atoms with Gasteiger partial charge in [-0.3, -0.25) is 9.20 Å². The van der Waals surface area contributed by atoms with Crippen LogP contribution in [-0.4, -0.2) is 81.1 Å². The van der Waals surface area contributed by atoms with E-state index >= 15 is 4.39 Å². The van der Waals surface area contributed by atoms with Crippen molar-refractivity contribution in [3.63, 3.8) is 0 Å². The van der Waals surface area contributed by atoms with Gasteiger partial charge in [-0.25, -0.2) is 13.9 Å². The second-order valence-electron chi connectivity index (χ2n) is 16.3. The lowest BCUT2D eigenvalue weighted by Gasteiger charge is -2.39. The van der Waals surface area contributed by atoms with Gasteiger partial charge >= 0.3 is 12.5 Å². The zero-order valence-electron chi connectivity index (χ0n) is 33.7. The molecule has 2 aromatic carbocycles. The minimum absolute atomic E-state index is 0.108. The lowest BCUT2D eigenvalue weighted by atomic mass is 9.85. The summed E-state index contributed by atoms with van der Waals surface area (Å²) in [5.41, 5.74) is 2.96. The lowest BCUT2D eigenvalue weighted by molar-refractivity contribution is -0.129. The minimum atomic E-state index is -0.700. The third kappa shape index (κ3) is 8.53. The molecule has 0 radical (unpaired) electrons. The van der Waals surface area contributed by atoms with E-state index in [-0.39, 0.29) is 24.1 Å². The first-order valence-electron chi connectivity index (χ1n) is 19.6. The molecule has 1 aliphatic heterocycles. The Labute approximate surface area is 332 Å². The predicted octanol–water partition coefficient (Wildman–Crippen LogP) is 7.32. The van der Waals surface area contributed by atoms with Gasteiger partial charge in [0.25, 0.3) is 0 Å². The fourth-order valence-corrected chi connectivity index (χ4v) is 7.74. The van der Waals surface area contributed by atoms with Crippen molar-refractivity contribution in [2.24, 2.45) is 0 Å². The molecule has 2 amide bonds. The number of hydrogen-bond acceptors (Lipinski definition) is 10. The molecule has 5 aromatic rings. The second kappa shape index (κ2) is 16.4.